The fourth-order valence-corrected chi connectivity index (χ4v) is 1.73. The first kappa shape index (κ1) is 18.2. The molecule has 0 aromatic heterocycles. The number of halogens is 1. The largest absolute Gasteiger partial charge is 0.356 e. The van der Waals surface area contributed by atoms with Crippen molar-refractivity contribution in [2.45, 2.75) is 33.1 Å². The maximum atomic E-state index is 4.20. The highest BCUT2D eigenvalue weighted by Gasteiger charge is 2.05. The third kappa shape index (κ3) is 6.80. The Hall–Kier alpha value is -0.780. The normalized spacial score (nSPS) is 12.5. The van der Waals surface area contributed by atoms with E-state index < -0.39 is 0 Å². The number of aliphatic imine (C=N–C) groups is 1. The SMILES string of the molecule is CCCNC(=NC)NCC(C)c1ccc(C)cc1.I. The van der Waals surface area contributed by atoms with Gasteiger partial charge in [0, 0.05) is 20.1 Å². The molecule has 1 unspecified atom stereocenters. The topological polar surface area (TPSA) is 36.4 Å². The molecule has 1 aromatic rings. The lowest BCUT2D eigenvalue weighted by molar-refractivity contribution is 0.695. The van der Waals surface area contributed by atoms with Crippen molar-refractivity contribution in [3.8, 4) is 0 Å². The molecule has 1 aromatic carbocycles. The van der Waals surface area contributed by atoms with Crippen molar-refractivity contribution in [1.29, 1.82) is 0 Å². The van der Waals surface area contributed by atoms with Gasteiger partial charge in [-0.2, -0.15) is 0 Å². The van der Waals surface area contributed by atoms with Gasteiger partial charge in [0.1, 0.15) is 0 Å². The Balaban J connectivity index is 0.00000324. The lowest BCUT2D eigenvalue weighted by atomic mass is 10.0. The molecule has 0 bridgehead atoms. The molecule has 3 nitrogen and oxygen atoms in total. The van der Waals surface area contributed by atoms with E-state index in [1.54, 1.807) is 0 Å². The molecule has 0 saturated carbocycles. The molecule has 1 rings (SSSR count). The van der Waals surface area contributed by atoms with Gasteiger partial charge in [-0.15, -0.1) is 24.0 Å². The summed E-state index contributed by atoms with van der Waals surface area (Å²) in [6.45, 7) is 8.34. The Bertz CT molecular complexity index is 373. The number of aryl methyl sites for hydroxylation is 1. The molecule has 0 radical (unpaired) electrons. The molecule has 19 heavy (non-hydrogen) atoms. The number of rotatable bonds is 5. The molecule has 0 spiro atoms. The van der Waals surface area contributed by atoms with Gasteiger partial charge in [0.25, 0.3) is 0 Å². The summed E-state index contributed by atoms with van der Waals surface area (Å²) >= 11 is 0. The Kier molecular flexibility index (Phi) is 9.65. The van der Waals surface area contributed by atoms with Crippen LogP contribution in [0, 0.1) is 6.92 Å². The Morgan fingerprint density at radius 2 is 1.84 bits per heavy atom. The minimum atomic E-state index is 0. The zero-order valence-corrected chi connectivity index (χ0v) is 14.7. The standard InChI is InChI=1S/C15H25N3.HI/c1-5-10-17-15(16-4)18-11-13(3)14-8-6-12(2)7-9-14;/h6-9,13H,5,10-11H2,1-4H3,(H2,16,17,18);1H. The van der Waals surface area contributed by atoms with Crippen LogP contribution in [0.3, 0.4) is 0 Å². The number of benzene rings is 1. The van der Waals surface area contributed by atoms with Crippen molar-refractivity contribution < 1.29 is 0 Å². The second kappa shape index (κ2) is 10.1. The summed E-state index contributed by atoms with van der Waals surface area (Å²) in [5, 5.41) is 6.63. The number of nitrogens with zero attached hydrogens (tertiary/aromatic N) is 1. The van der Waals surface area contributed by atoms with Crippen LogP contribution in [-0.4, -0.2) is 26.1 Å². The van der Waals surface area contributed by atoms with Gasteiger partial charge in [-0.3, -0.25) is 4.99 Å². The van der Waals surface area contributed by atoms with Gasteiger partial charge in [0.05, 0.1) is 0 Å². The van der Waals surface area contributed by atoms with E-state index in [1.165, 1.54) is 11.1 Å². The minimum absolute atomic E-state index is 0. The first-order valence-corrected chi connectivity index (χ1v) is 6.68. The molecule has 0 heterocycles. The van der Waals surface area contributed by atoms with Gasteiger partial charge in [0.2, 0.25) is 0 Å². The zero-order valence-electron chi connectivity index (χ0n) is 12.4. The average Bonchev–Trinajstić information content (AvgIpc) is 2.39. The van der Waals surface area contributed by atoms with E-state index in [1.807, 2.05) is 7.05 Å². The first-order chi connectivity index (χ1) is 8.67. The number of hydrogen-bond acceptors (Lipinski definition) is 1. The molecule has 2 N–H and O–H groups in total. The molecule has 4 heteroatoms. The highest BCUT2D eigenvalue weighted by molar-refractivity contribution is 14.0. The fraction of sp³-hybridized carbons (Fsp3) is 0.533. The number of guanidine groups is 1. The highest BCUT2D eigenvalue weighted by atomic mass is 127. The summed E-state index contributed by atoms with van der Waals surface area (Å²) < 4.78 is 0. The smallest absolute Gasteiger partial charge is 0.190 e. The molecular weight excluding hydrogens is 349 g/mol. The van der Waals surface area contributed by atoms with E-state index in [-0.39, 0.29) is 24.0 Å². The van der Waals surface area contributed by atoms with Gasteiger partial charge >= 0.3 is 0 Å². The summed E-state index contributed by atoms with van der Waals surface area (Å²) in [7, 11) is 1.81. The average molecular weight is 375 g/mol. The molecule has 1 atom stereocenters. The molecule has 108 valence electrons. The molecule has 0 aliphatic heterocycles. The van der Waals surface area contributed by atoms with Crippen LogP contribution in [-0.2, 0) is 0 Å². The van der Waals surface area contributed by atoms with Gasteiger partial charge in [-0.05, 0) is 24.8 Å². The maximum Gasteiger partial charge on any atom is 0.190 e. The van der Waals surface area contributed by atoms with E-state index in [2.05, 4.69) is 60.7 Å². The lowest BCUT2D eigenvalue weighted by Crippen LogP contribution is -2.39. The zero-order chi connectivity index (χ0) is 13.4. The third-order valence-corrected chi connectivity index (χ3v) is 2.99. The van der Waals surface area contributed by atoms with Crippen molar-refractivity contribution >= 4 is 29.9 Å². The summed E-state index contributed by atoms with van der Waals surface area (Å²) in [6.07, 6.45) is 1.11. The molecule has 0 aliphatic carbocycles. The maximum absolute atomic E-state index is 4.20. The van der Waals surface area contributed by atoms with Crippen LogP contribution in [0.5, 0.6) is 0 Å². The Labute approximate surface area is 134 Å². The van der Waals surface area contributed by atoms with E-state index in [9.17, 15) is 0 Å². The van der Waals surface area contributed by atoms with E-state index >= 15 is 0 Å². The molecule has 0 amide bonds. The van der Waals surface area contributed by atoms with Crippen molar-refractivity contribution in [3.63, 3.8) is 0 Å². The van der Waals surface area contributed by atoms with Crippen molar-refractivity contribution in [3.05, 3.63) is 35.4 Å². The predicted octanol–water partition coefficient (Wildman–Crippen LogP) is 3.29. The molecule has 0 aliphatic rings. The van der Waals surface area contributed by atoms with Crippen LogP contribution in [0.2, 0.25) is 0 Å². The van der Waals surface area contributed by atoms with Crippen molar-refractivity contribution in [2.75, 3.05) is 20.1 Å². The first-order valence-electron chi connectivity index (χ1n) is 6.68. The van der Waals surface area contributed by atoms with Crippen LogP contribution in [0.25, 0.3) is 0 Å². The lowest BCUT2D eigenvalue weighted by Gasteiger charge is -2.16. The van der Waals surface area contributed by atoms with Crippen molar-refractivity contribution in [1.82, 2.24) is 10.6 Å². The summed E-state index contributed by atoms with van der Waals surface area (Å²) in [5.74, 6) is 1.36. The monoisotopic (exact) mass is 375 g/mol. The quantitative estimate of drug-likeness (QED) is 0.471. The summed E-state index contributed by atoms with van der Waals surface area (Å²) in [4.78, 5) is 4.20. The Morgan fingerprint density at radius 3 is 2.37 bits per heavy atom. The fourth-order valence-electron chi connectivity index (χ4n) is 1.73. The highest BCUT2D eigenvalue weighted by Crippen LogP contribution is 2.14. The minimum Gasteiger partial charge on any atom is -0.356 e. The number of hydrogen-bond donors (Lipinski definition) is 2. The van der Waals surface area contributed by atoms with Gasteiger partial charge in [0.15, 0.2) is 5.96 Å². The molecule has 0 saturated heterocycles. The second-order valence-corrected chi connectivity index (χ2v) is 4.69. The van der Waals surface area contributed by atoms with E-state index in [0.29, 0.717) is 5.92 Å². The summed E-state index contributed by atoms with van der Waals surface area (Å²) in [5.41, 5.74) is 2.67. The number of nitrogens with one attached hydrogen (secondary N) is 2. The van der Waals surface area contributed by atoms with Gasteiger partial charge < -0.3 is 10.6 Å². The van der Waals surface area contributed by atoms with E-state index in [0.717, 1.165) is 25.5 Å². The Morgan fingerprint density at radius 1 is 1.21 bits per heavy atom. The third-order valence-electron chi connectivity index (χ3n) is 2.99. The van der Waals surface area contributed by atoms with Crippen LogP contribution < -0.4 is 10.6 Å². The summed E-state index contributed by atoms with van der Waals surface area (Å²) in [6, 6.07) is 8.72. The molecular formula is C15H26IN3. The van der Waals surface area contributed by atoms with Crippen LogP contribution in [0.15, 0.2) is 29.3 Å². The van der Waals surface area contributed by atoms with Crippen LogP contribution in [0.4, 0.5) is 0 Å². The van der Waals surface area contributed by atoms with Crippen molar-refractivity contribution in [2.24, 2.45) is 4.99 Å². The van der Waals surface area contributed by atoms with Gasteiger partial charge in [-0.1, -0.05) is 43.7 Å². The molecule has 0 fully saturated rings. The predicted molar refractivity (Wildman–Crippen MR) is 94.7 cm³/mol. The van der Waals surface area contributed by atoms with Gasteiger partial charge in [-0.25, -0.2) is 0 Å². The van der Waals surface area contributed by atoms with Crippen LogP contribution >= 0.6 is 24.0 Å². The van der Waals surface area contributed by atoms with E-state index in [4.69, 9.17) is 0 Å². The van der Waals surface area contributed by atoms with Crippen LogP contribution in [0.1, 0.15) is 37.3 Å². The second-order valence-electron chi connectivity index (χ2n) is 4.69.